The van der Waals surface area contributed by atoms with Crippen LogP contribution in [0.5, 0.6) is 17.2 Å². The first-order valence-electron chi connectivity index (χ1n) is 6.74. The molecule has 1 N–H and O–H groups in total. The summed E-state index contributed by atoms with van der Waals surface area (Å²) in [4.78, 5) is 12.1. The fraction of sp³-hybridized carbons (Fsp3) is 0.125. The van der Waals surface area contributed by atoms with Gasteiger partial charge in [-0.2, -0.15) is 5.10 Å². The molecule has 0 radical (unpaired) electrons. The second kappa shape index (κ2) is 6.58. The van der Waals surface area contributed by atoms with Gasteiger partial charge in [0.1, 0.15) is 5.75 Å². The van der Waals surface area contributed by atoms with E-state index < -0.39 is 5.91 Å². The van der Waals surface area contributed by atoms with Gasteiger partial charge >= 0.3 is 0 Å². The molecule has 0 spiro atoms. The standard InChI is InChI=1S/C16H13ClN2O4/c1-21-13-5-3-11(17)7-12(13)16(20)19-18-8-10-2-4-14-15(6-10)23-9-22-14/h2-8H,9H2,1H3,(H,19,20)/b18-8-. The Balaban J connectivity index is 1.70. The Bertz CT molecular complexity index is 777. The molecule has 0 aliphatic carbocycles. The fourth-order valence-corrected chi connectivity index (χ4v) is 2.25. The van der Waals surface area contributed by atoms with Gasteiger partial charge in [0.05, 0.1) is 18.9 Å². The minimum absolute atomic E-state index is 0.210. The second-order valence-electron chi connectivity index (χ2n) is 4.66. The number of hydrogen-bond donors (Lipinski definition) is 1. The largest absolute Gasteiger partial charge is 0.496 e. The van der Waals surface area contributed by atoms with Crippen molar-refractivity contribution >= 4 is 23.7 Å². The van der Waals surface area contributed by atoms with Crippen LogP contribution < -0.4 is 19.6 Å². The topological polar surface area (TPSA) is 69.2 Å². The van der Waals surface area contributed by atoms with Crippen LogP contribution >= 0.6 is 11.6 Å². The zero-order valence-electron chi connectivity index (χ0n) is 12.2. The van der Waals surface area contributed by atoms with Crippen LogP contribution in [-0.2, 0) is 0 Å². The van der Waals surface area contributed by atoms with Crippen LogP contribution in [0.25, 0.3) is 0 Å². The molecule has 0 saturated heterocycles. The molecule has 2 aromatic carbocycles. The van der Waals surface area contributed by atoms with Crippen LogP contribution in [0.2, 0.25) is 5.02 Å². The van der Waals surface area contributed by atoms with Gasteiger partial charge in [-0.05, 0) is 42.0 Å². The Morgan fingerprint density at radius 3 is 2.91 bits per heavy atom. The van der Waals surface area contributed by atoms with Crippen molar-refractivity contribution in [2.45, 2.75) is 0 Å². The number of rotatable bonds is 4. The summed E-state index contributed by atoms with van der Waals surface area (Å²) in [7, 11) is 1.48. The highest BCUT2D eigenvalue weighted by atomic mass is 35.5. The quantitative estimate of drug-likeness (QED) is 0.690. The summed E-state index contributed by atoms with van der Waals surface area (Å²) in [6.45, 7) is 0.210. The van der Waals surface area contributed by atoms with E-state index in [-0.39, 0.29) is 6.79 Å². The van der Waals surface area contributed by atoms with Gasteiger partial charge in [-0.1, -0.05) is 11.6 Å². The number of ether oxygens (including phenoxy) is 3. The number of nitrogens with zero attached hydrogens (tertiary/aromatic N) is 1. The molecule has 1 aliphatic rings. The van der Waals surface area contributed by atoms with E-state index in [0.717, 1.165) is 5.56 Å². The number of fused-ring (bicyclic) bond motifs is 1. The molecule has 118 valence electrons. The highest BCUT2D eigenvalue weighted by Gasteiger charge is 2.13. The molecular formula is C16H13ClN2O4. The smallest absolute Gasteiger partial charge is 0.275 e. The number of methoxy groups -OCH3 is 1. The minimum Gasteiger partial charge on any atom is -0.496 e. The van der Waals surface area contributed by atoms with E-state index in [1.54, 1.807) is 24.3 Å². The Hall–Kier alpha value is -2.73. The van der Waals surface area contributed by atoms with Crippen molar-refractivity contribution in [3.05, 3.63) is 52.5 Å². The third kappa shape index (κ3) is 3.37. The fourth-order valence-electron chi connectivity index (χ4n) is 2.08. The van der Waals surface area contributed by atoms with E-state index in [2.05, 4.69) is 10.5 Å². The average Bonchev–Trinajstić information content (AvgIpc) is 3.02. The van der Waals surface area contributed by atoms with Gasteiger partial charge in [0.15, 0.2) is 11.5 Å². The predicted molar refractivity (Wildman–Crippen MR) is 85.6 cm³/mol. The molecular weight excluding hydrogens is 320 g/mol. The lowest BCUT2D eigenvalue weighted by molar-refractivity contribution is 0.0952. The number of hydrogen-bond acceptors (Lipinski definition) is 5. The van der Waals surface area contributed by atoms with Crippen molar-refractivity contribution < 1.29 is 19.0 Å². The Labute approximate surface area is 137 Å². The van der Waals surface area contributed by atoms with Crippen LogP contribution in [0.4, 0.5) is 0 Å². The molecule has 23 heavy (non-hydrogen) atoms. The molecule has 6 nitrogen and oxygen atoms in total. The SMILES string of the molecule is COc1ccc(Cl)cc1C(=O)N/N=C\c1ccc2c(c1)OCO2. The highest BCUT2D eigenvalue weighted by Crippen LogP contribution is 2.32. The number of carbonyl (C=O) groups excluding carboxylic acids is 1. The molecule has 0 atom stereocenters. The molecule has 3 rings (SSSR count). The van der Waals surface area contributed by atoms with Crippen molar-refractivity contribution in [3.63, 3.8) is 0 Å². The van der Waals surface area contributed by atoms with Gasteiger partial charge in [-0.15, -0.1) is 0 Å². The molecule has 0 aromatic heterocycles. The molecule has 0 saturated carbocycles. The third-order valence-electron chi connectivity index (χ3n) is 3.18. The normalized spacial score (nSPS) is 12.4. The lowest BCUT2D eigenvalue weighted by Gasteiger charge is -2.07. The predicted octanol–water partition coefficient (Wildman–Crippen LogP) is 2.84. The van der Waals surface area contributed by atoms with E-state index in [1.807, 2.05) is 6.07 Å². The van der Waals surface area contributed by atoms with Gasteiger partial charge in [-0.25, -0.2) is 5.43 Å². The maximum Gasteiger partial charge on any atom is 0.275 e. The van der Waals surface area contributed by atoms with Gasteiger partial charge in [-0.3, -0.25) is 4.79 Å². The maximum absolute atomic E-state index is 12.1. The van der Waals surface area contributed by atoms with Crippen LogP contribution in [-0.4, -0.2) is 26.0 Å². The Morgan fingerprint density at radius 2 is 2.09 bits per heavy atom. The highest BCUT2D eigenvalue weighted by molar-refractivity contribution is 6.31. The van der Waals surface area contributed by atoms with Gasteiger partial charge in [0, 0.05) is 5.02 Å². The molecule has 1 aliphatic heterocycles. The molecule has 0 unspecified atom stereocenters. The zero-order valence-corrected chi connectivity index (χ0v) is 13.0. The first-order valence-corrected chi connectivity index (χ1v) is 7.12. The molecule has 2 aromatic rings. The number of halogens is 1. The summed E-state index contributed by atoms with van der Waals surface area (Å²) in [5.74, 6) is 1.35. The average molecular weight is 333 g/mol. The van der Waals surface area contributed by atoms with Crippen molar-refractivity contribution in [1.82, 2.24) is 5.43 Å². The summed E-state index contributed by atoms with van der Waals surface area (Å²) >= 11 is 5.90. The number of amides is 1. The Morgan fingerprint density at radius 1 is 1.26 bits per heavy atom. The molecule has 1 amide bonds. The van der Waals surface area contributed by atoms with Crippen molar-refractivity contribution in [2.75, 3.05) is 13.9 Å². The summed E-state index contributed by atoms with van der Waals surface area (Å²) in [5.41, 5.74) is 3.52. The minimum atomic E-state index is -0.415. The van der Waals surface area contributed by atoms with E-state index >= 15 is 0 Å². The second-order valence-corrected chi connectivity index (χ2v) is 5.09. The van der Waals surface area contributed by atoms with Crippen molar-refractivity contribution in [2.24, 2.45) is 5.10 Å². The van der Waals surface area contributed by atoms with Crippen molar-refractivity contribution in [1.29, 1.82) is 0 Å². The lowest BCUT2D eigenvalue weighted by Crippen LogP contribution is -2.18. The van der Waals surface area contributed by atoms with Crippen LogP contribution in [0.3, 0.4) is 0 Å². The number of hydrazone groups is 1. The molecule has 7 heteroatoms. The van der Waals surface area contributed by atoms with Gasteiger partial charge < -0.3 is 14.2 Å². The third-order valence-corrected chi connectivity index (χ3v) is 3.42. The van der Waals surface area contributed by atoms with E-state index in [9.17, 15) is 4.79 Å². The van der Waals surface area contributed by atoms with E-state index in [0.29, 0.717) is 27.8 Å². The van der Waals surface area contributed by atoms with E-state index in [4.69, 9.17) is 25.8 Å². The number of nitrogens with one attached hydrogen (secondary N) is 1. The number of carbonyl (C=O) groups is 1. The van der Waals surface area contributed by atoms with Gasteiger partial charge in [0.25, 0.3) is 5.91 Å². The maximum atomic E-state index is 12.1. The zero-order chi connectivity index (χ0) is 16.2. The summed E-state index contributed by atoms with van der Waals surface area (Å²) in [6, 6.07) is 10.2. The monoisotopic (exact) mass is 332 g/mol. The molecule has 1 heterocycles. The van der Waals surface area contributed by atoms with E-state index in [1.165, 1.54) is 19.4 Å². The van der Waals surface area contributed by atoms with Crippen molar-refractivity contribution in [3.8, 4) is 17.2 Å². The van der Waals surface area contributed by atoms with Crippen LogP contribution in [0, 0.1) is 0 Å². The van der Waals surface area contributed by atoms with Gasteiger partial charge in [0.2, 0.25) is 6.79 Å². The first kappa shape index (κ1) is 15.2. The first-order chi connectivity index (χ1) is 11.2. The lowest BCUT2D eigenvalue weighted by atomic mass is 10.2. The van der Waals surface area contributed by atoms with Crippen LogP contribution in [0.1, 0.15) is 15.9 Å². The summed E-state index contributed by atoms with van der Waals surface area (Å²) in [5, 5.41) is 4.37. The van der Waals surface area contributed by atoms with Crippen LogP contribution in [0.15, 0.2) is 41.5 Å². The Kier molecular flexibility index (Phi) is 4.34. The number of benzene rings is 2. The molecule has 0 bridgehead atoms. The summed E-state index contributed by atoms with van der Waals surface area (Å²) < 4.78 is 15.6. The molecule has 0 fully saturated rings. The summed E-state index contributed by atoms with van der Waals surface area (Å²) in [6.07, 6.45) is 1.51.